The smallest absolute Gasteiger partial charge is 0.333 e. The van der Waals surface area contributed by atoms with Gasteiger partial charge in [-0.3, -0.25) is 4.79 Å². The Morgan fingerprint density at radius 2 is 2.00 bits per heavy atom. The van der Waals surface area contributed by atoms with Gasteiger partial charge in [-0.2, -0.15) is 0 Å². The molecule has 1 aromatic carbocycles. The molecule has 0 bridgehead atoms. The number of hydrogen-bond acceptors (Lipinski definition) is 4. The lowest BCUT2D eigenvalue weighted by Crippen LogP contribution is -2.32. The summed E-state index contributed by atoms with van der Waals surface area (Å²) in [5.74, 6) is -0.210. The Labute approximate surface area is 99.7 Å². The highest BCUT2D eigenvalue weighted by molar-refractivity contribution is 5.84. The van der Waals surface area contributed by atoms with E-state index in [0.29, 0.717) is 11.3 Å². The van der Waals surface area contributed by atoms with E-state index in [4.69, 9.17) is 4.74 Å². The topological polar surface area (TPSA) is 64.6 Å². The zero-order valence-corrected chi connectivity index (χ0v) is 10.0. The quantitative estimate of drug-likeness (QED) is 0.795. The van der Waals surface area contributed by atoms with E-state index in [0.717, 1.165) is 0 Å². The Morgan fingerprint density at radius 3 is 2.53 bits per heavy atom. The van der Waals surface area contributed by atoms with Crippen molar-refractivity contribution in [3.8, 4) is 5.75 Å². The van der Waals surface area contributed by atoms with Crippen LogP contribution in [0.5, 0.6) is 5.75 Å². The van der Waals surface area contributed by atoms with Gasteiger partial charge in [0.05, 0.1) is 14.2 Å². The van der Waals surface area contributed by atoms with Crippen molar-refractivity contribution in [2.24, 2.45) is 0 Å². The summed E-state index contributed by atoms with van der Waals surface area (Å²) in [5.41, 5.74) is 0.617. The minimum absolute atomic E-state index is 0.303. The summed E-state index contributed by atoms with van der Waals surface area (Å²) in [6, 6.07) is 6.09. The fraction of sp³-hybridized carbons (Fsp3) is 0.333. The molecule has 1 N–H and O–H groups in total. The van der Waals surface area contributed by atoms with Crippen molar-refractivity contribution in [2.45, 2.75) is 13.0 Å². The molecule has 1 amide bonds. The second kappa shape index (κ2) is 5.89. The Hall–Kier alpha value is -2.04. The van der Waals surface area contributed by atoms with Gasteiger partial charge in [-0.15, -0.1) is 0 Å². The Bertz CT molecular complexity index is 417. The molecule has 17 heavy (non-hydrogen) atoms. The number of nitrogens with one attached hydrogen (secondary N) is 1. The van der Waals surface area contributed by atoms with Crippen LogP contribution in [0.3, 0.4) is 0 Å². The van der Waals surface area contributed by atoms with E-state index >= 15 is 0 Å². The SMILES string of the molecule is COC(=O)[C@H](NC(C)=O)c1cccc(OC)c1. The number of hydrogen-bond donors (Lipinski definition) is 1. The summed E-state index contributed by atoms with van der Waals surface area (Å²) in [6.45, 7) is 1.34. The molecule has 1 aromatic rings. The van der Waals surface area contributed by atoms with E-state index in [-0.39, 0.29) is 5.91 Å². The normalized spacial score (nSPS) is 11.5. The molecule has 0 heterocycles. The van der Waals surface area contributed by atoms with Gasteiger partial charge in [0.2, 0.25) is 5.91 Å². The van der Waals surface area contributed by atoms with Gasteiger partial charge in [-0.25, -0.2) is 4.79 Å². The summed E-state index contributed by atoms with van der Waals surface area (Å²) in [4.78, 5) is 22.6. The number of rotatable bonds is 4. The number of carbonyl (C=O) groups is 2. The first-order chi connectivity index (χ1) is 8.08. The zero-order valence-electron chi connectivity index (χ0n) is 10.0. The van der Waals surface area contributed by atoms with Crippen LogP contribution < -0.4 is 10.1 Å². The molecule has 0 aliphatic carbocycles. The van der Waals surface area contributed by atoms with E-state index in [2.05, 4.69) is 10.1 Å². The van der Waals surface area contributed by atoms with Gasteiger partial charge in [-0.1, -0.05) is 12.1 Å². The van der Waals surface area contributed by atoms with Crippen LogP contribution in [0.4, 0.5) is 0 Å². The number of benzene rings is 1. The molecule has 5 heteroatoms. The first kappa shape index (κ1) is 13.0. The maximum atomic E-state index is 11.6. The lowest BCUT2D eigenvalue weighted by Gasteiger charge is -2.16. The molecule has 0 radical (unpaired) electrons. The van der Waals surface area contributed by atoms with Crippen molar-refractivity contribution in [2.75, 3.05) is 14.2 Å². The van der Waals surface area contributed by atoms with Gasteiger partial charge in [0.15, 0.2) is 6.04 Å². The molecule has 0 unspecified atom stereocenters. The highest BCUT2D eigenvalue weighted by atomic mass is 16.5. The van der Waals surface area contributed by atoms with E-state index < -0.39 is 12.0 Å². The molecule has 0 aromatic heterocycles. The van der Waals surface area contributed by atoms with Crippen molar-refractivity contribution in [1.82, 2.24) is 5.32 Å². The summed E-state index contributed by atoms with van der Waals surface area (Å²) < 4.78 is 9.71. The van der Waals surface area contributed by atoms with Crippen molar-refractivity contribution >= 4 is 11.9 Å². The minimum atomic E-state index is -0.812. The van der Waals surface area contributed by atoms with E-state index in [1.807, 2.05) is 0 Å². The molecule has 0 aliphatic rings. The maximum absolute atomic E-state index is 11.6. The second-order valence-electron chi connectivity index (χ2n) is 3.43. The lowest BCUT2D eigenvalue weighted by atomic mass is 10.1. The molecular formula is C12H15NO4. The van der Waals surface area contributed by atoms with Crippen LogP contribution in [0, 0.1) is 0 Å². The standard InChI is InChI=1S/C12H15NO4/c1-8(14)13-11(12(15)17-3)9-5-4-6-10(7-9)16-2/h4-7,11H,1-3H3,(H,13,14)/t11-/m1/s1. The van der Waals surface area contributed by atoms with Crippen molar-refractivity contribution in [1.29, 1.82) is 0 Å². The summed E-state index contributed by atoms with van der Waals surface area (Å²) in [6.07, 6.45) is 0. The third-order valence-corrected chi connectivity index (χ3v) is 2.21. The van der Waals surface area contributed by atoms with Crippen LogP contribution in [0.25, 0.3) is 0 Å². The zero-order chi connectivity index (χ0) is 12.8. The third kappa shape index (κ3) is 3.48. The monoisotopic (exact) mass is 237 g/mol. The molecule has 1 rings (SSSR count). The van der Waals surface area contributed by atoms with Crippen LogP contribution in [-0.4, -0.2) is 26.1 Å². The van der Waals surface area contributed by atoms with Crippen LogP contribution in [0.15, 0.2) is 24.3 Å². The fourth-order valence-corrected chi connectivity index (χ4v) is 1.42. The van der Waals surface area contributed by atoms with Crippen molar-refractivity contribution in [3.05, 3.63) is 29.8 Å². The van der Waals surface area contributed by atoms with Crippen molar-refractivity contribution < 1.29 is 19.1 Å². The minimum Gasteiger partial charge on any atom is -0.497 e. The van der Waals surface area contributed by atoms with E-state index in [1.54, 1.807) is 24.3 Å². The summed E-state index contributed by atoms with van der Waals surface area (Å²) in [7, 11) is 2.81. The van der Waals surface area contributed by atoms with Crippen molar-refractivity contribution in [3.63, 3.8) is 0 Å². The molecule has 0 saturated heterocycles. The molecule has 0 aliphatic heterocycles. The van der Waals surface area contributed by atoms with Crippen LogP contribution in [0.1, 0.15) is 18.5 Å². The molecular weight excluding hydrogens is 222 g/mol. The molecule has 0 fully saturated rings. The average Bonchev–Trinajstić information content (AvgIpc) is 2.35. The molecule has 1 atom stereocenters. The number of ether oxygens (including phenoxy) is 2. The summed E-state index contributed by atoms with van der Waals surface area (Å²) >= 11 is 0. The number of amides is 1. The number of methoxy groups -OCH3 is 2. The maximum Gasteiger partial charge on any atom is 0.333 e. The third-order valence-electron chi connectivity index (χ3n) is 2.21. The predicted molar refractivity (Wildman–Crippen MR) is 61.6 cm³/mol. The van der Waals surface area contributed by atoms with Crippen LogP contribution >= 0.6 is 0 Å². The lowest BCUT2D eigenvalue weighted by molar-refractivity contribution is -0.145. The molecule has 0 saturated carbocycles. The number of esters is 1. The molecule has 92 valence electrons. The Balaban J connectivity index is 3.02. The number of carbonyl (C=O) groups excluding carboxylic acids is 2. The van der Waals surface area contributed by atoms with Gasteiger partial charge in [0.1, 0.15) is 5.75 Å². The van der Waals surface area contributed by atoms with Gasteiger partial charge in [0.25, 0.3) is 0 Å². The highest BCUT2D eigenvalue weighted by Crippen LogP contribution is 2.20. The van der Waals surface area contributed by atoms with Gasteiger partial charge in [0, 0.05) is 6.92 Å². The first-order valence-corrected chi connectivity index (χ1v) is 5.07. The van der Waals surface area contributed by atoms with Crippen LogP contribution in [-0.2, 0) is 14.3 Å². The molecule has 0 spiro atoms. The Kier molecular flexibility index (Phi) is 4.51. The Morgan fingerprint density at radius 1 is 1.29 bits per heavy atom. The van der Waals surface area contributed by atoms with Gasteiger partial charge < -0.3 is 14.8 Å². The van der Waals surface area contributed by atoms with E-state index in [1.165, 1.54) is 21.1 Å². The fourth-order valence-electron chi connectivity index (χ4n) is 1.42. The first-order valence-electron chi connectivity index (χ1n) is 5.07. The molecule has 5 nitrogen and oxygen atoms in total. The average molecular weight is 237 g/mol. The van der Waals surface area contributed by atoms with Crippen LogP contribution in [0.2, 0.25) is 0 Å². The van der Waals surface area contributed by atoms with E-state index in [9.17, 15) is 9.59 Å². The van der Waals surface area contributed by atoms with Gasteiger partial charge in [-0.05, 0) is 17.7 Å². The predicted octanol–water partition coefficient (Wildman–Crippen LogP) is 1.05. The summed E-state index contributed by atoms with van der Waals surface area (Å²) in [5, 5.41) is 2.53. The highest BCUT2D eigenvalue weighted by Gasteiger charge is 2.22. The second-order valence-corrected chi connectivity index (χ2v) is 3.43. The largest absolute Gasteiger partial charge is 0.497 e. The van der Waals surface area contributed by atoms with Gasteiger partial charge >= 0.3 is 5.97 Å².